The monoisotopic (exact) mass is 276 g/mol. The van der Waals surface area contributed by atoms with Gasteiger partial charge in [0.05, 0.1) is 0 Å². The van der Waals surface area contributed by atoms with Crippen molar-refractivity contribution in [1.82, 2.24) is 19.1 Å². The Balaban J connectivity index is 2.82. The van der Waals surface area contributed by atoms with Crippen molar-refractivity contribution < 1.29 is 5.11 Å². The Morgan fingerprint density at radius 2 is 2.05 bits per heavy atom. The quantitative estimate of drug-likeness (QED) is 0.691. The molecule has 0 amide bonds. The summed E-state index contributed by atoms with van der Waals surface area (Å²) >= 11 is 0. The summed E-state index contributed by atoms with van der Waals surface area (Å²) < 4.78 is 2.88. The van der Waals surface area contributed by atoms with Crippen molar-refractivity contribution in [1.29, 1.82) is 0 Å². The summed E-state index contributed by atoms with van der Waals surface area (Å²) in [6.07, 6.45) is 0. The van der Waals surface area contributed by atoms with Crippen molar-refractivity contribution in [2.75, 3.05) is 0 Å². The van der Waals surface area contributed by atoms with Crippen LogP contribution in [-0.4, -0.2) is 29.8 Å². The second kappa shape index (κ2) is 4.65. The van der Waals surface area contributed by atoms with Crippen LogP contribution in [0.2, 0.25) is 0 Å². The lowest BCUT2D eigenvalue weighted by Gasteiger charge is -2.05. The van der Waals surface area contributed by atoms with Crippen molar-refractivity contribution in [3.05, 3.63) is 26.7 Å². The van der Waals surface area contributed by atoms with E-state index in [0.717, 1.165) is 0 Å². The smallest absolute Gasteiger partial charge is 0.330 e. The molecule has 20 heavy (non-hydrogen) atoms. The van der Waals surface area contributed by atoms with E-state index in [1.807, 2.05) is 0 Å². The number of nitrogens with zero attached hydrogens (tertiary/aromatic N) is 3. The fourth-order valence-electron chi connectivity index (χ4n) is 1.86. The highest BCUT2D eigenvalue weighted by Gasteiger charge is 2.15. The number of rotatable bonds is 1. The van der Waals surface area contributed by atoms with E-state index in [0.29, 0.717) is 18.0 Å². The summed E-state index contributed by atoms with van der Waals surface area (Å²) in [6, 6.07) is 0. The number of aliphatic hydroxyl groups is 1. The van der Waals surface area contributed by atoms with E-state index in [-0.39, 0.29) is 5.52 Å². The van der Waals surface area contributed by atoms with E-state index in [1.165, 1.54) is 9.13 Å². The number of aryl methyl sites for hydroxylation is 2. The fourth-order valence-corrected chi connectivity index (χ4v) is 1.86. The minimum Gasteiger partial charge on any atom is -0.378 e. The van der Waals surface area contributed by atoms with Crippen LogP contribution < -0.4 is 11.2 Å². The van der Waals surface area contributed by atoms with Crippen LogP contribution in [0, 0.1) is 11.8 Å². The molecule has 0 spiro atoms. The number of hydrogen-bond donors (Lipinski definition) is 2. The molecule has 0 aliphatic rings. The maximum absolute atomic E-state index is 11.9. The molecule has 7 nitrogen and oxygen atoms in total. The zero-order valence-electron chi connectivity index (χ0n) is 11.8. The zero-order valence-corrected chi connectivity index (χ0v) is 11.8. The number of hydrogen-bond acceptors (Lipinski definition) is 4. The van der Waals surface area contributed by atoms with E-state index in [1.54, 1.807) is 27.8 Å². The maximum atomic E-state index is 11.9. The molecule has 0 aliphatic heterocycles. The van der Waals surface area contributed by atoms with Crippen LogP contribution in [-0.2, 0) is 13.6 Å². The Morgan fingerprint density at radius 3 is 2.60 bits per heavy atom. The van der Waals surface area contributed by atoms with Crippen molar-refractivity contribution >= 4 is 11.2 Å². The lowest BCUT2D eigenvalue weighted by Crippen LogP contribution is -2.30. The molecule has 0 fully saturated rings. The molecular weight excluding hydrogens is 260 g/mol. The fraction of sp³-hybridized carbons (Fsp3) is 0.462. The largest absolute Gasteiger partial charge is 0.378 e. The summed E-state index contributed by atoms with van der Waals surface area (Å²) in [6.45, 7) is 5.28. The van der Waals surface area contributed by atoms with Gasteiger partial charge in [0.2, 0.25) is 0 Å². The molecule has 0 radical (unpaired) electrons. The number of aromatic amines is 1. The van der Waals surface area contributed by atoms with Gasteiger partial charge >= 0.3 is 5.69 Å². The Labute approximate surface area is 114 Å². The molecule has 7 heteroatoms. The molecule has 0 saturated carbocycles. The van der Waals surface area contributed by atoms with Gasteiger partial charge in [-0.25, -0.2) is 9.78 Å². The standard InChI is InChI=1S/C13H16N4O3/c1-5-17-10-9(11(18)15-12(17)19)16(4)8(14-10)6-7-13(2,3)20/h20H,5H2,1-4H3,(H,15,18,19). The summed E-state index contributed by atoms with van der Waals surface area (Å²) in [5.74, 6) is 5.68. The third-order valence-electron chi connectivity index (χ3n) is 2.81. The van der Waals surface area contributed by atoms with Crippen LogP contribution in [0.1, 0.15) is 26.6 Å². The third kappa shape index (κ3) is 2.38. The first-order valence-corrected chi connectivity index (χ1v) is 6.19. The second-order valence-corrected chi connectivity index (χ2v) is 4.98. The van der Waals surface area contributed by atoms with Gasteiger partial charge in [-0.3, -0.25) is 14.3 Å². The predicted octanol–water partition coefficient (Wildman–Crippen LogP) is -0.434. The first-order valence-electron chi connectivity index (χ1n) is 6.19. The molecule has 0 aromatic carbocycles. The van der Waals surface area contributed by atoms with Gasteiger partial charge in [-0.05, 0) is 26.7 Å². The van der Waals surface area contributed by atoms with Gasteiger partial charge in [0, 0.05) is 13.6 Å². The first-order chi connectivity index (χ1) is 9.24. The number of fused-ring (bicyclic) bond motifs is 1. The van der Waals surface area contributed by atoms with Crippen molar-refractivity contribution in [2.45, 2.75) is 32.9 Å². The molecule has 0 aliphatic carbocycles. The van der Waals surface area contributed by atoms with Gasteiger partial charge in [0.15, 0.2) is 17.0 Å². The highest BCUT2D eigenvalue weighted by atomic mass is 16.3. The van der Waals surface area contributed by atoms with Gasteiger partial charge in [-0.2, -0.15) is 0 Å². The van der Waals surface area contributed by atoms with E-state index < -0.39 is 16.9 Å². The topological polar surface area (TPSA) is 92.9 Å². The normalized spacial score (nSPS) is 11.4. The van der Waals surface area contributed by atoms with Crippen molar-refractivity contribution in [3.63, 3.8) is 0 Å². The van der Waals surface area contributed by atoms with Gasteiger partial charge in [-0.15, -0.1) is 0 Å². The van der Waals surface area contributed by atoms with Crippen molar-refractivity contribution in [2.24, 2.45) is 7.05 Å². The van der Waals surface area contributed by atoms with E-state index in [2.05, 4.69) is 21.8 Å². The highest BCUT2D eigenvalue weighted by molar-refractivity contribution is 5.71. The van der Waals surface area contributed by atoms with Crippen LogP contribution in [0.4, 0.5) is 0 Å². The highest BCUT2D eigenvalue weighted by Crippen LogP contribution is 2.09. The summed E-state index contributed by atoms with van der Waals surface area (Å²) in [7, 11) is 1.64. The summed E-state index contributed by atoms with van der Waals surface area (Å²) in [5.41, 5.74) is -1.57. The van der Waals surface area contributed by atoms with E-state index in [9.17, 15) is 14.7 Å². The average molecular weight is 276 g/mol. The molecule has 2 rings (SSSR count). The molecule has 2 N–H and O–H groups in total. The second-order valence-electron chi connectivity index (χ2n) is 4.98. The zero-order chi connectivity index (χ0) is 15.1. The van der Waals surface area contributed by atoms with Crippen LogP contribution in [0.3, 0.4) is 0 Å². The summed E-state index contributed by atoms with van der Waals surface area (Å²) in [5, 5.41) is 9.61. The van der Waals surface area contributed by atoms with Crippen LogP contribution in [0.15, 0.2) is 9.59 Å². The lowest BCUT2D eigenvalue weighted by molar-refractivity contribution is 0.143. The molecule has 2 heterocycles. The summed E-state index contributed by atoms with van der Waals surface area (Å²) in [4.78, 5) is 30.1. The van der Waals surface area contributed by atoms with Crippen molar-refractivity contribution in [3.8, 4) is 11.8 Å². The Hall–Kier alpha value is -2.33. The van der Waals surface area contributed by atoms with Crippen LogP contribution in [0.5, 0.6) is 0 Å². The average Bonchev–Trinajstić information content (AvgIpc) is 2.64. The van der Waals surface area contributed by atoms with Gasteiger partial charge in [0.1, 0.15) is 5.60 Å². The Morgan fingerprint density at radius 1 is 1.40 bits per heavy atom. The number of nitrogens with one attached hydrogen (secondary N) is 1. The third-order valence-corrected chi connectivity index (χ3v) is 2.81. The van der Waals surface area contributed by atoms with E-state index in [4.69, 9.17) is 0 Å². The van der Waals surface area contributed by atoms with Gasteiger partial charge < -0.3 is 9.67 Å². The number of imidazole rings is 1. The Bertz CT molecular complexity index is 837. The molecule has 2 aromatic rings. The predicted molar refractivity (Wildman–Crippen MR) is 74.4 cm³/mol. The van der Waals surface area contributed by atoms with Gasteiger partial charge in [0.25, 0.3) is 5.56 Å². The van der Waals surface area contributed by atoms with Gasteiger partial charge in [-0.1, -0.05) is 5.92 Å². The minimum atomic E-state index is -1.16. The number of aromatic nitrogens is 4. The molecule has 106 valence electrons. The minimum absolute atomic E-state index is 0.284. The lowest BCUT2D eigenvalue weighted by atomic mass is 10.1. The SMILES string of the molecule is CCn1c(=O)[nH]c(=O)c2c1nc(C#CC(C)(C)O)n2C. The maximum Gasteiger partial charge on any atom is 0.330 e. The van der Waals surface area contributed by atoms with Crippen LogP contribution in [0.25, 0.3) is 11.2 Å². The molecular formula is C13H16N4O3. The molecule has 0 saturated heterocycles. The van der Waals surface area contributed by atoms with E-state index >= 15 is 0 Å². The molecule has 0 unspecified atom stereocenters. The first kappa shape index (κ1) is 14.1. The number of H-pyrrole nitrogens is 1. The molecule has 0 bridgehead atoms. The van der Waals surface area contributed by atoms with Crippen LogP contribution >= 0.6 is 0 Å². The molecule has 0 atom stereocenters. The molecule has 2 aromatic heterocycles. The Kier molecular flexibility index (Phi) is 3.28.